The summed E-state index contributed by atoms with van der Waals surface area (Å²) in [5, 5.41) is 2.09. The van der Waals surface area contributed by atoms with Crippen molar-refractivity contribution in [2.24, 2.45) is 9.98 Å². The number of aryl methyl sites for hydroxylation is 2. The summed E-state index contributed by atoms with van der Waals surface area (Å²) < 4.78 is 0. The Balaban J connectivity index is 1.68. The van der Waals surface area contributed by atoms with E-state index in [4.69, 9.17) is 0 Å². The molecule has 0 N–H and O–H groups in total. The average molecular weight is 331 g/mol. The molecule has 3 aromatic heterocycles. The molecule has 3 aromatic rings. The van der Waals surface area contributed by atoms with Crippen LogP contribution in [0, 0.1) is 13.8 Å². The molecule has 0 saturated heterocycles. The van der Waals surface area contributed by atoms with Gasteiger partial charge in [-0.3, -0.25) is 0 Å². The molecule has 106 valence electrons. The Hall–Kier alpha value is -1.56. The van der Waals surface area contributed by atoms with Crippen LogP contribution in [0.25, 0.3) is 0 Å². The van der Waals surface area contributed by atoms with Crippen LogP contribution in [0.5, 0.6) is 0 Å². The Labute approximate surface area is 136 Å². The molecule has 3 rings (SSSR count). The van der Waals surface area contributed by atoms with Crippen LogP contribution >= 0.6 is 34.0 Å². The van der Waals surface area contributed by atoms with Gasteiger partial charge in [-0.15, -0.1) is 34.0 Å². The molecule has 0 unspecified atom stereocenters. The Morgan fingerprint density at radius 1 is 0.667 bits per heavy atom. The van der Waals surface area contributed by atoms with Crippen LogP contribution in [0.15, 0.2) is 46.4 Å². The van der Waals surface area contributed by atoms with Crippen molar-refractivity contribution >= 4 is 56.4 Å². The number of thiophene rings is 3. The van der Waals surface area contributed by atoms with Gasteiger partial charge in [0.1, 0.15) is 10.0 Å². The summed E-state index contributed by atoms with van der Waals surface area (Å²) in [5.41, 5.74) is 0. The Kier molecular flexibility index (Phi) is 4.43. The number of nitrogens with zero attached hydrogens (tertiary/aromatic N) is 2. The summed E-state index contributed by atoms with van der Waals surface area (Å²) in [6.07, 6.45) is 3.84. The first-order chi connectivity index (χ1) is 10.2. The molecule has 0 aromatic carbocycles. The fraction of sp³-hybridized carbons (Fsp3) is 0.125. The Morgan fingerprint density at radius 3 is 1.52 bits per heavy atom. The normalized spacial score (nSPS) is 11.9. The van der Waals surface area contributed by atoms with Crippen molar-refractivity contribution in [2.45, 2.75) is 13.8 Å². The molecule has 0 amide bonds. The van der Waals surface area contributed by atoms with Crippen molar-refractivity contribution in [3.63, 3.8) is 0 Å². The molecule has 3 heterocycles. The molecular formula is C16H14N2S3. The first-order valence-corrected chi connectivity index (χ1v) is 8.95. The maximum absolute atomic E-state index is 4.49. The molecule has 0 aliphatic heterocycles. The summed E-state index contributed by atoms with van der Waals surface area (Å²) >= 11 is 5.11. The first-order valence-electron chi connectivity index (χ1n) is 6.50. The molecule has 0 spiro atoms. The van der Waals surface area contributed by atoms with Crippen LogP contribution in [-0.4, -0.2) is 12.4 Å². The fourth-order valence-corrected chi connectivity index (χ4v) is 3.91. The predicted octanol–water partition coefficient (Wildman–Crippen LogP) is 5.99. The zero-order valence-electron chi connectivity index (χ0n) is 11.7. The molecule has 2 nitrogen and oxygen atoms in total. The smallest absolute Gasteiger partial charge is 0.116 e. The van der Waals surface area contributed by atoms with E-state index < -0.39 is 0 Å². The lowest BCUT2D eigenvalue weighted by molar-refractivity contribution is 1.62. The fourth-order valence-electron chi connectivity index (χ4n) is 1.74. The lowest BCUT2D eigenvalue weighted by Crippen LogP contribution is -1.70. The third-order valence-electron chi connectivity index (χ3n) is 2.74. The molecule has 21 heavy (non-hydrogen) atoms. The van der Waals surface area contributed by atoms with Gasteiger partial charge in [0.05, 0.1) is 0 Å². The summed E-state index contributed by atoms with van der Waals surface area (Å²) in [7, 11) is 0. The van der Waals surface area contributed by atoms with E-state index in [0.29, 0.717) is 0 Å². The van der Waals surface area contributed by atoms with Crippen LogP contribution in [0.3, 0.4) is 0 Å². The van der Waals surface area contributed by atoms with Crippen LogP contribution < -0.4 is 0 Å². The average Bonchev–Trinajstić information content (AvgIpc) is 3.16. The van der Waals surface area contributed by atoms with Crippen molar-refractivity contribution in [2.75, 3.05) is 0 Å². The van der Waals surface area contributed by atoms with E-state index in [1.807, 2.05) is 24.6 Å². The van der Waals surface area contributed by atoms with Crippen molar-refractivity contribution < 1.29 is 0 Å². The maximum Gasteiger partial charge on any atom is 0.116 e. The zero-order valence-corrected chi connectivity index (χ0v) is 14.2. The largest absolute Gasteiger partial charge is 0.245 e. The second kappa shape index (κ2) is 6.47. The summed E-state index contributed by atoms with van der Waals surface area (Å²) in [6.45, 7) is 4.19. The van der Waals surface area contributed by atoms with Gasteiger partial charge < -0.3 is 0 Å². The molecule has 0 fully saturated rings. The standard InChI is InChI=1S/C16H14N2S3/c1-11-3-7-15(19-11)17-9-13-5-6-14(21-13)10-18-16-8-4-12(2)20-16/h3-10H,1-2H3/b17-9+,18-10+. The number of rotatable bonds is 4. The second-order valence-corrected chi connectivity index (χ2v) is 8.20. The molecule has 0 saturated carbocycles. The number of hydrogen-bond donors (Lipinski definition) is 0. The van der Waals surface area contributed by atoms with Crippen molar-refractivity contribution in [1.29, 1.82) is 0 Å². The van der Waals surface area contributed by atoms with Gasteiger partial charge in [0, 0.05) is 31.9 Å². The molecule has 0 aliphatic rings. The van der Waals surface area contributed by atoms with E-state index >= 15 is 0 Å². The third-order valence-corrected chi connectivity index (χ3v) is 5.51. The second-order valence-electron chi connectivity index (χ2n) is 4.53. The molecule has 5 heteroatoms. The highest BCUT2D eigenvalue weighted by atomic mass is 32.1. The van der Waals surface area contributed by atoms with Gasteiger partial charge in [0.25, 0.3) is 0 Å². The Morgan fingerprint density at radius 2 is 1.14 bits per heavy atom. The van der Waals surface area contributed by atoms with Crippen molar-refractivity contribution in [3.05, 3.63) is 55.9 Å². The minimum atomic E-state index is 1.05. The first kappa shape index (κ1) is 14.4. The molecular weight excluding hydrogens is 316 g/mol. The van der Waals surface area contributed by atoms with E-state index in [1.54, 1.807) is 34.0 Å². The van der Waals surface area contributed by atoms with E-state index in [-0.39, 0.29) is 0 Å². The molecule has 0 aliphatic carbocycles. The zero-order chi connectivity index (χ0) is 14.7. The highest BCUT2D eigenvalue weighted by Gasteiger charge is 1.98. The lowest BCUT2D eigenvalue weighted by atomic mass is 10.4. The highest BCUT2D eigenvalue weighted by molar-refractivity contribution is 7.16. The van der Waals surface area contributed by atoms with E-state index in [1.165, 1.54) is 9.75 Å². The minimum absolute atomic E-state index is 1.05. The van der Waals surface area contributed by atoms with Crippen molar-refractivity contribution in [1.82, 2.24) is 0 Å². The molecule has 0 atom stereocenters. The van der Waals surface area contributed by atoms with Gasteiger partial charge in [0.15, 0.2) is 0 Å². The quantitative estimate of drug-likeness (QED) is 0.525. The number of hydrogen-bond acceptors (Lipinski definition) is 5. The van der Waals surface area contributed by atoms with Crippen molar-refractivity contribution in [3.8, 4) is 0 Å². The summed E-state index contributed by atoms with van der Waals surface area (Å²) in [6, 6.07) is 12.4. The highest BCUT2D eigenvalue weighted by Crippen LogP contribution is 2.25. The maximum atomic E-state index is 4.49. The van der Waals surface area contributed by atoms with E-state index in [9.17, 15) is 0 Å². The van der Waals surface area contributed by atoms with Gasteiger partial charge in [0.2, 0.25) is 0 Å². The van der Waals surface area contributed by atoms with Crippen LogP contribution in [0.1, 0.15) is 19.5 Å². The number of aliphatic imine (C=N–C) groups is 2. The summed E-state index contributed by atoms with van der Waals surface area (Å²) in [5.74, 6) is 0. The lowest BCUT2D eigenvalue weighted by Gasteiger charge is -1.85. The van der Waals surface area contributed by atoms with Crippen LogP contribution in [0.4, 0.5) is 10.0 Å². The third kappa shape index (κ3) is 3.97. The summed E-state index contributed by atoms with van der Waals surface area (Å²) in [4.78, 5) is 13.8. The van der Waals surface area contributed by atoms with Gasteiger partial charge in [-0.25, -0.2) is 9.98 Å². The van der Waals surface area contributed by atoms with E-state index in [2.05, 4.69) is 48.1 Å². The Bertz CT molecular complexity index is 725. The van der Waals surface area contributed by atoms with Gasteiger partial charge in [-0.05, 0) is 50.2 Å². The van der Waals surface area contributed by atoms with E-state index in [0.717, 1.165) is 19.8 Å². The minimum Gasteiger partial charge on any atom is -0.245 e. The predicted molar refractivity (Wildman–Crippen MR) is 96.9 cm³/mol. The van der Waals surface area contributed by atoms with Gasteiger partial charge in [-0.1, -0.05) is 0 Å². The van der Waals surface area contributed by atoms with Gasteiger partial charge in [-0.2, -0.15) is 0 Å². The van der Waals surface area contributed by atoms with Crippen LogP contribution in [-0.2, 0) is 0 Å². The van der Waals surface area contributed by atoms with Gasteiger partial charge >= 0.3 is 0 Å². The topological polar surface area (TPSA) is 24.7 Å². The molecule has 0 radical (unpaired) electrons. The van der Waals surface area contributed by atoms with Crippen LogP contribution in [0.2, 0.25) is 0 Å². The SMILES string of the molecule is Cc1ccc(/N=C/c2ccc(/C=N/c3ccc(C)s3)s2)s1. The monoisotopic (exact) mass is 330 g/mol. The molecule has 0 bridgehead atoms.